The zero-order valence-corrected chi connectivity index (χ0v) is 26.6. The number of amides is 2. The second-order valence-electron chi connectivity index (χ2n) is 11.1. The van der Waals surface area contributed by atoms with Crippen molar-refractivity contribution in [3.63, 3.8) is 0 Å². The van der Waals surface area contributed by atoms with Crippen LogP contribution in [0.2, 0.25) is 10.0 Å². The van der Waals surface area contributed by atoms with E-state index in [0.29, 0.717) is 6.42 Å². The lowest BCUT2D eigenvalue weighted by atomic mass is 10.1. The first kappa shape index (κ1) is 32.4. The van der Waals surface area contributed by atoms with Gasteiger partial charge in [0.2, 0.25) is 11.8 Å². The average Bonchev–Trinajstić information content (AvgIpc) is 2.89. The van der Waals surface area contributed by atoms with Crippen LogP contribution in [0.3, 0.4) is 0 Å². The molecular formula is C31H37Cl2N3O4S. The molecule has 220 valence electrons. The van der Waals surface area contributed by atoms with Crippen LogP contribution in [0.1, 0.15) is 50.8 Å². The molecule has 0 aromatic heterocycles. The summed E-state index contributed by atoms with van der Waals surface area (Å²) in [5.41, 5.74) is 2.41. The molecule has 0 fully saturated rings. The van der Waals surface area contributed by atoms with Gasteiger partial charge in [-0.1, -0.05) is 77.7 Å². The minimum Gasteiger partial charge on any atom is -0.350 e. The fraction of sp³-hybridized carbons (Fsp3) is 0.355. The van der Waals surface area contributed by atoms with Crippen LogP contribution in [0.5, 0.6) is 0 Å². The lowest BCUT2D eigenvalue weighted by Crippen LogP contribution is -2.55. The number of benzene rings is 3. The fourth-order valence-electron chi connectivity index (χ4n) is 4.27. The molecule has 0 saturated heterocycles. The molecule has 3 rings (SSSR count). The van der Waals surface area contributed by atoms with Gasteiger partial charge in [0, 0.05) is 12.1 Å². The number of hydrogen-bond donors (Lipinski definition) is 1. The van der Waals surface area contributed by atoms with Crippen molar-refractivity contribution in [3.05, 3.63) is 93.5 Å². The van der Waals surface area contributed by atoms with E-state index in [4.69, 9.17) is 23.2 Å². The van der Waals surface area contributed by atoms with Crippen LogP contribution in [0.15, 0.2) is 71.6 Å². The zero-order valence-electron chi connectivity index (χ0n) is 24.2. The molecule has 2 amide bonds. The van der Waals surface area contributed by atoms with E-state index in [0.717, 1.165) is 21.0 Å². The summed E-state index contributed by atoms with van der Waals surface area (Å²) in [5.74, 6) is -0.855. The summed E-state index contributed by atoms with van der Waals surface area (Å²) >= 11 is 12.4. The Balaban J connectivity index is 2.09. The first-order chi connectivity index (χ1) is 19.1. The van der Waals surface area contributed by atoms with Crippen molar-refractivity contribution in [1.29, 1.82) is 0 Å². The van der Waals surface area contributed by atoms with Crippen molar-refractivity contribution >= 4 is 50.7 Å². The van der Waals surface area contributed by atoms with Crippen molar-refractivity contribution in [2.24, 2.45) is 0 Å². The molecule has 0 aliphatic heterocycles. The minimum absolute atomic E-state index is 0.0181. The number of aryl methyl sites for hydroxylation is 2. The largest absolute Gasteiger partial charge is 0.350 e. The second-order valence-corrected chi connectivity index (χ2v) is 13.8. The van der Waals surface area contributed by atoms with Crippen molar-refractivity contribution in [2.75, 3.05) is 10.8 Å². The third-order valence-corrected chi connectivity index (χ3v) is 8.96. The molecule has 0 spiro atoms. The zero-order chi connectivity index (χ0) is 30.5. The quantitative estimate of drug-likeness (QED) is 0.280. The van der Waals surface area contributed by atoms with Crippen LogP contribution in [-0.2, 0) is 26.2 Å². The Labute approximate surface area is 253 Å². The van der Waals surface area contributed by atoms with E-state index < -0.39 is 34.1 Å². The number of carbonyl (C=O) groups is 2. The van der Waals surface area contributed by atoms with E-state index in [1.54, 1.807) is 12.1 Å². The van der Waals surface area contributed by atoms with Crippen LogP contribution in [0, 0.1) is 13.8 Å². The summed E-state index contributed by atoms with van der Waals surface area (Å²) in [5, 5.41) is 3.36. The van der Waals surface area contributed by atoms with Gasteiger partial charge in [0.1, 0.15) is 12.6 Å². The van der Waals surface area contributed by atoms with Crippen molar-refractivity contribution in [3.8, 4) is 0 Å². The van der Waals surface area contributed by atoms with Gasteiger partial charge in [0.15, 0.2) is 0 Å². The van der Waals surface area contributed by atoms with E-state index in [2.05, 4.69) is 5.32 Å². The molecule has 3 aromatic carbocycles. The van der Waals surface area contributed by atoms with E-state index in [9.17, 15) is 18.0 Å². The number of nitrogens with zero attached hydrogens (tertiary/aromatic N) is 2. The lowest BCUT2D eigenvalue weighted by molar-refractivity contribution is -0.141. The predicted molar refractivity (Wildman–Crippen MR) is 166 cm³/mol. The van der Waals surface area contributed by atoms with Crippen molar-refractivity contribution in [1.82, 2.24) is 10.2 Å². The summed E-state index contributed by atoms with van der Waals surface area (Å²) < 4.78 is 28.9. The number of hydrogen-bond acceptors (Lipinski definition) is 4. The number of halogens is 2. The number of sulfonamides is 1. The Morgan fingerprint density at radius 3 is 1.95 bits per heavy atom. The number of carbonyl (C=O) groups excluding carboxylic acids is 2. The van der Waals surface area contributed by atoms with Gasteiger partial charge in [0.25, 0.3) is 10.0 Å². The van der Waals surface area contributed by atoms with E-state index in [-0.39, 0.29) is 33.1 Å². The number of rotatable bonds is 10. The highest BCUT2D eigenvalue weighted by Gasteiger charge is 2.34. The first-order valence-electron chi connectivity index (χ1n) is 13.3. The van der Waals surface area contributed by atoms with Crippen molar-refractivity contribution in [2.45, 2.75) is 71.0 Å². The van der Waals surface area contributed by atoms with Gasteiger partial charge < -0.3 is 10.2 Å². The van der Waals surface area contributed by atoms with Crippen LogP contribution in [0.4, 0.5) is 5.69 Å². The molecule has 1 N–H and O–H groups in total. The monoisotopic (exact) mass is 617 g/mol. The highest BCUT2D eigenvalue weighted by Crippen LogP contribution is 2.31. The summed E-state index contributed by atoms with van der Waals surface area (Å²) in [6, 6.07) is 17.6. The maximum absolute atomic E-state index is 14.1. The molecule has 0 aliphatic rings. The Hall–Kier alpha value is -3.07. The van der Waals surface area contributed by atoms with E-state index in [1.807, 2.05) is 65.8 Å². The molecule has 0 bridgehead atoms. The smallest absolute Gasteiger partial charge is 0.264 e. The van der Waals surface area contributed by atoms with Crippen LogP contribution >= 0.6 is 23.2 Å². The number of nitrogens with one attached hydrogen (secondary N) is 1. The standard InChI is InChI=1S/C31H37Cl2N3O4S/c1-7-28(30(38)34-31(4,5)6)35(19-23-12-8-21(2)9-13-23)29(37)20-36(24-14-17-26(32)27(33)18-24)41(39,40)25-15-10-22(3)11-16-25/h8-18,28H,7,19-20H2,1-6H3,(H,34,38)/t28-/m1/s1. The Morgan fingerprint density at radius 1 is 0.878 bits per heavy atom. The molecule has 10 heteroatoms. The van der Waals surface area contributed by atoms with Crippen LogP contribution in [-0.4, -0.2) is 43.3 Å². The van der Waals surface area contributed by atoms with Gasteiger partial charge in [0.05, 0.1) is 20.6 Å². The average molecular weight is 619 g/mol. The van der Waals surface area contributed by atoms with Gasteiger partial charge in [-0.25, -0.2) is 8.42 Å². The van der Waals surface area contributed by atoms with E-state index >= 15 is 0 Å². The molecule has 0 heterocycles. The van der Waals surface area contributed by atoms with Gasteiger partial charge in [-0.15, -0.1) is 0 Å². The molecular weight excluding hydrogens is 581 g/mol. The molecule has 1 atom stereocenters. The molecule has 7 nitrogen and oxygen atoms in total. The minimum atomic E-state index is -4.21. The lowest BCUT2D eigenvalue weighted by Gasteiger charge is -2.34. The van der Waals surface area contributed by atoms with Gasteiger partial charge in [-0.05, 0) is 76.9 Å². The molecule has 41 heavy (non-hydrogen) atoms. The van der Waals surface area contributed by atoms with Gasteiger partial charge in [-0.2, -0.15) is 0 Å². The van der Waals surface area contributed by atoms with Crippen molar-refractivity contribution < 1.29 is 18.0 Å². The Kier molecular flexibility index (Phi) is 10.5. The topological polar surface area (TPSA) is 86.8 Å². The fourth-order valence-corrected chi connectivity index (χ4v) is 5.97. The maximum Gasteiger partial charge on any atom is 0.264 e. The summed E-state index contributed by atoms with van der Waals surface area (Å²) in [6.45, 7) is 10.8. The van der Waals surface area contributed by atoms with Gasteiger partial charge in [-0.3, -0.25) is 13.9 Å². The highest BCUT2D eigenvalue weighted by molar-refractivity contribution is 7.92. The summed E-state index contributed by atoms with van der Waals surface area (Å²) in [6.07, 6.45) is 0.330. The summed E-state index contributed by atoms with van der Waals surface area (Å²) in [4.78, 5) is 29.0. The highest BCUT2D eigenvalue weighted by atomic mass is 35.5. The van der Waals surface area contributed by atoms with E-state index in [1.165, 1.54) is 35.2 Å². The van der Waals surface area contributed by atoms with Crippen LogP contribution in [0.25, 0.3) is 0 Å². The predicted octanol–water partition coefficient (Wildman–Crippen LogP) is 6.53. The Morgan fingerprint density at radius 2 is 1.44 bits per heavy atom. The number of anilines is 1. The molecule has 0 saturated carbocycles. The third kappa shape index (κ3) is 8.47. The third-order valence-electron chi connectivity index (χ3n) is 6.44. The molecule has 3 aromatic rings. The molecule has 0 unspecified atom stereocenters. The SMILES string of the molecule is CC[C@H](C(=O)NC(C)(C)C)N(Cc1ccc(C)cc1)C(=O)CN(c1ccc(Cl)c(Cl)c1)S(=O)(=O)c1ccc(C)cc1. The first-order valence-corrected chi connectivity index (χ1v) is 15.5. The normalized spacial score (nSPS) is 12.5. The maximum atomic E-state index is 14.1. The Bertz CT molecular complexity index is 1490. The summed E-state index contributed by atoms with van der Waals surface area (Å²) in [7, 11) is -4.21. The van der Waals surface area contributed by atoms with Crippen LogP contribution < -0.4 is 9.62 Å². The molecule has 0 aliphatic carbocycles. The molecule has 0 radical (unpaired) electrons. The second kappa shape index (κ2) is 13.3. The van der Waals surface area contributed by atoms with Gasteiger partial charge >= 0.3 is 0 Å².